The van der Waals surface area contributed by atoms with Gasteiger partial charge in [0.2, 0.25) is 0 Å². The van der Waals surface area contributed by atoms with E-state index in [1.807, 2.05) is 6.20 Å². The number of nitrogens with two attached hydrogens (primary N) is 1. The molecule has 7 heteroatoms. The van der Waals surface area contributed by atoms with Gasteiger partial charge in [-0.15, -0.1) is 0 Å². The molecule has 0 unspecified atom stereocenters. The number of nitrogens with one attached hydrogen (secondary N) is 1. The molecule has 0 amide bonds. The van der Waals surface area contributed by atoms with Crippen LogP contribution in [-0.4, -0.2) is 31.3 Å². The van der Waals surface area contributed by atoms with Crippen molar-refractivity contribution in [3.63, 3.8) is 0 Å². The van der Waals surface area contributed by atoms with Crippen molar-refractivity contribution in [2.24, 2.45) is 5.73 Å². The van der Waals surface area contributed by atoms with E-state index in [0.29, 0.717) is 23.3 Å². The number of pyridine rings is 1. The van der Waals surface area contributed by atoms with Gasteiger partial charge in [-0.05, 0) is 24.6 Å². The molecule has 0 atom stereocenters. The Balaban J connectivity index is 2.19. The number of fused-ring (bicyclic) bond motifs is 1. The SMILES string of the molecule is NCCc1cnn(-c2nccc3c(=O)[nH]cnc23)c1. The summed E-state index contributed by atoms with van der Waals surface area (Å²) in [7, 11) is 0. The molecule has 0 fully saturated rings. The third-order valence-corrected chi connectivity index (χ3v) is 2.82. The minimum absolute atomic E-state index is 0.192. The molecule has 96 valence electrons. The molecule has 0 spiro atoms. The molecule has 0 aliphatic rings. The Morgan fingerprint density at radius 2 is 2.26 bits per heavy atom. The molecule has 7 nitrogen and oxygen atoms in total. The van der Waals surface area contributed by atoms with E-state index in [0.717, 1.165) is 12.0 Å². The van der Waals surface area contributed by atoms with Crippen LogP contribution in [0.1, 0.15) is 5.56 Å². The minimum Gasteiger partial charge on any atom is -0.330 e. The molecule has 3 rings (SSSR count). The number of aromatic amines is 1. The van der Waals surface area contributed by atoms with E-state index >= 15 is 0 Å². The maximum Gasteiger partial charge on any atom is 0.258 e. The lowest BCUT2D eigenvalue weighted by atomic mass is 10.2. The van der Waals surface area contributed by atoms with Crippen LogP contribution in [0.4, 0.5) is 0 Å². The molecule has 3 aromatic heterocycles. The number of hydrogen-bond donors (Lipinski definition) is 2. The number of hydrogen-bond acceptors (Lipinski definition) is 5. The normalized spacial score (nSPS) is 11.0. The fraction of sp³-hybridized carbons (Fsp3) is 0.167. The third kappa shape index (κ3) is 2.00. The molecular weight excluding hydrogens is 244 g/mol. The van der Waals surface area contributed by atoms with E-state index < -0.39 is 0 Å². The van der Waals surface area contributed by atoms with Crippen LogP contribution in [0.3, 0.4) is 0 Å². The highest BCUT2D eigenvalue weighted by molar-refractivity contribution is 5.83. The zero-order valence-electron chi connectivity index (χ0n) is 10.1. The average molecular weight is 256 g/mol. The van der Waals surface area contributed by atoms with Gasteiger partial charge in [0.25, 0.3) is 5.56 Å². The van der Waals surface area contributed by atoms with Crippen molar-refractivity contribution in [1.29, 1.82) is 0 Å². The van der Waals surface area contributed by atoms with Crippen molar-refractivity contribution < 1.29 is 0 Å². The zero-order chi connectivity index (χ0) is 13.2. The van der Waals surface area contributed by atoms with Gasteiger partial charge < -0.3 is 10.7 Å². The van der Waals surface area contributed by atoms with Gasteiger partial charge in [-0.2, -0.15) is 5.10 Å². The van der Waals surface area contributed by atoms with E-state index in [4.69, 9.17) is 5.73 Å². The lowest BCUT2D eigenvalue weighted by Gasteiger charge is -2.03. The minimum atomic E-state index is -0.192. The van der Waals surface area contributed by atoms with Crippen LogP contribution >= 0.6 is 0 Å². The predicted molar refractivity (Wildman–Crippen MR) is 70.0 cm³/mol. The Morgan fingerprint density at radius 1 is 1.37 bits per heavy atom. The summed E-state index contributed by atoms with van der Waals surface area (Å²) in [4.78, 5) is 22.7. The second-order valence-corrected chi connectivity index (χ2v) is 4.09. The van der Waals surface area contributed by atoms with Gasteiger partial charge in [0, 0.05) is 12.4 Å². The Bertz CT molecular complexity index is 775. The van der Waals surface area contributed by atoms with Crippen molar-refractivity contribution in [1.82, 2.24) is 24.7 Å². The van der Waals surface area contributed by atoms with Crippen molar-refractivity contribution in [3.8, 4) is 5.82 Å². The van der Waals surface area contributed by atoms with Gasteiger partial charge in [-0.1, -0.05) is 0 Å². The summed E-state index contributed by atoms with van der Waals surface area (Å²) in [5.74, 6) is 0.534. The molecule has 0 aliphatic carbocycles. The highest BCUT2D eigenvalue weighted by atomic mass is 16.1. The van der Waals surface area contributed by atoms with Crippen LogP contribution in [0, 0.1) is 0 Å². The van der Waals surface area contributed by atoms with Crippen LogP contribution < -0.4 is 11.3 Å². The van der Waals surface area contributed by atoms with Crippen molar-refractivity contribution >= 4 is 10.9 Å². The molecular formula is C12H12N6O. The van der Waals surface area contributed by atoms with Gasteiger partial charge in [-0.3, -0.25) is 4.79 Å². The average Bonchev–Trinajstić information content (AvgIpc) is 2.88. The van der Waals surface area contributed by atoms with E-state index in [-0.39, 0.29) is 5.56 Å². The lowest BCUT2D eigenvalue weighted by Crippen LogP contribution is -2.09. The molecule has 0 saturated carbocycles. The summed E-state index contributed by atoms with van der Waals surface area (Å²) < 4.78 is 1.61. The monoisotopic (exact) mass is 256 g/mol. The number of H-pyrrole nitrogens is 1. The quantitative estimate of drug-likeness (QED) is 0.687. The molecule has 3 aromatic rings. The summed E-state index contributed by atoms with van der Waals surface area (Å²) in [6.45, 7) is 0.562. The second-order valence-electron chi connectivity index (χ2n) is 4.09. The van der Waals surface area contributed by atoms with Gasteiger partial charge >= 0.3 is 0 Å². The number of aromatic nitrogens is 5. The summed E-state index contributed by atoms with van der Waals surface area (Å²) in [5, 5.41) is 4.72. The first kappa shape index (κ1) is 11.5. The van der Waals surface area contributed by atoms with Crippen LogP contribution in [0.25, 0.3) is 16.7 Å². The van der Waals surface area contributed by atoms with Crippen molar-refractivity contribution in [2.75, 3.05) is 6.54 Å². The fourth-order valence-electron chi connectivity index (χ4n) is 1.93. The Hall–Kier alpha value is -2.54. The van der Waals surface area contributed by atoms with E-state index in [2.05, 4.69) is 20.1 Å². The Kier molecular flexibility index (Phi) is 2.81. The molecule has 0 aromatic carbocycles. The second kappa shape index (κ2) is 4.62. The van der Waals surface area contributed by atoms with Crippen LogP contribution in [0.5, 0.6) is 0 Å². The molecule has 3 heterocycles. The van der Waals surface area contributed by atoms with E-state index in [1.54, 1.807) is 23.1 Å². The predicted octanol–water partition coefficient (Wildman–Crippen LogP) is 0.00500. The van der Waals surface area contributed by atoms with Gasteiger partial charge in [0.15, 0.2) is 5.82 Å². The summed E-state index contributed by atoms with van der Waals surface area (Å²) in [5.41, 5.74) is 6.86. The third-order valence-electron chi connectivity index (χ3n) is 2.82. The highest BCUT2D eigenvalue weighted by Gasteiger charge is 2.09. The fourth-order valence-corrected chi connectivity index (χ4v) is 1.93. The molecule has 0 radical (unpaired) electrons. The van der Waals surface area contributed by atoms with Crippen molar-refractivity contribution in [3.05, 3.63) is 46.9 Å². The maximum absolute atomic E-state index is 11.7. The number of rotatable bonds is 3. The molecule has 0 bridgehead atoms. The standard InChI is InChI=1S/C12H12N6O/c13-3-1-8-5-17-18(6-8)11-10-9(2-4-14-11)12(19)16-7-15-10/h2,4-7H,1,3,13H2,(H,15,16,19). The molecule has 19 heavy (non-hydrogen) atoms. The maximum atomic E-state index is 11.7. The van der Waals surface area contributed by atoms with Gasteiger partial charge in [0.1, 0.15) is 5.52 Å². The summed E-state index contributed by atoms with van der Waals surface area (Å²) in [6.07, 6.45) is 7.26. The first-order valence-corrected chi connectivity index (χ1v) is 5.86. The summed E-state index contributed by atoms with van der Waals surface area (Å²) >= 11 is 0. The van der Waals surface area contributed by atoms with E-state index in [1.165, 1.54) is 6.33 Å². The highest BCUT2D eigenvalue weighted by Crippen LogP contribution is 2.14. The van der Waals surface area contributed by atoms with Gasteiger partial charge in [-0.25, -0.2) is 14.6 Å². The Labute approximate surface area is 108 Å². The summed E-state index contributed by atoms with van der Waals surface area (Å²) in [6, 6.07) is 1.63. The van der Waals surface area contributed by atoms with Crippen LogP contribution in [-0.2, 0) is 6.42 Å². The molecule has 0 aliphatic heterocycles. The first-order valence-electron chi connectivity index (χ1n) is 5.86. The largest absolute Gasteiger partial charge is 0.330 e. The van der Waals surface area contributed by atoms with Crippen LogP contribution in [0.15, 0.2) is 35.8 Å². The smallest absolute Gasteiger partial charge is 0.258 e. The molecule has 3 N–H and O–H groups in total. The van der Waals surface area contributed by atoms with Crippen LogP contribution in [0.2, 0.25) is 0 Å². The van der Waals surface area contributed by atoms with Crippen molar-refractivity contribution in [2.45, 2.75) is 6.42 Å². The zero-order valence-corrected chi connectivity index (χ0v) is 10.1. The van der Waals surface area contributed by atoms with Gasteiger partial charge in [0.05, 0.1) is 17.9 Å². The lowest BCUT2D eigenvalue weighted by molar-refractivity contribution is 0.850. The number of nitrogens with zero attached hydrogens (tertiary/aromatic N) is 4. The first-order chi connectivity index (χ1) is 9.29. The Morgan fingerprint density at radius 3 is 3.11 bits per heavy atom. The topological polar surface area (TPSA) is 102 Å². The van der Waals surface area contributed by atoms with E-state index in [9.17, 15) is 4.79 Å². The molecule has 0 saturated heterocycles.